The standard InChI is InChI=1S/C28H30N6O/c29-12-13-33-14-16-34(17-15-33)27-20-30-25-11-8-23(19-26(25)32-27)22-6-9-24(10-7-22)31-28(35)18-21-4-2-1-3-5-21/h1-11,19-20H,12-18,29H2,(H,31,35). The van der Waals surface area contributed by atoms with E-state index >= 15 is 0 Å². The number of nitrogens with zero attached hydrogens (tertiary/aromatic N) is 4. The van der Waals surface area contributed by atoms with Crippen LogP contribution in [0.2, 0.25) is 0 Å². The number of hydrogen-bond donors (Lipinski definition) is 2. The molecule has 0 radical (unpaired) electrons. The van der Waals surface area contributed by atoms with Gasteiger partial charge in [-0.25, -0.2) is 4.98 Å². The lowest BCUT2D eigenvalue weighted by atomic mass is 10.0. The Morgan fingerprint density at radius 2 is 1.63 bits per heavy atom. The quantitative estimate of drug-likeness (QED) is 0.433. The Hall–Kier alpha value is -3.81. The predicted octanol–water partition coefficient (Wildman–Crippen LogP) is 3.56. The van der Waals surface area contributed by atoms with Crippen LogP contribution in [0.15, 0.2) is 79.0 Å². The summed E-state index contributed by atoms with van der Waals surface area (Å²) >= 11 is 0. The highest BCUT2D eigenvalue weighted by Crippen LogP contribution is 2.26. The number of amides is 1. The van der Waals surface area contributed by atoms with Crippen molar-refractivity contribution in [1.29, 1.82) is 0 Å². The van der Waals surface area contributed by atoms with E-state index in [1.807, 2.05) is 66.9 Å². The molecular formula is C28H30N6O. The summed E-state index contributed by atoms with van der Waals surface area (Å²) < 4.78 is 0. The summed E-state index contributed by atoms with van der Waals surface area (Å²) in [6, 6.07) is 23.8. The van der Waals surface area contributed by atoms with E-state index < -0.39 is 0 Å². The lowest BCUT2D eigenvalue weighted by Crippen LogP contribution is -2.48. The second kappa shape index (κ2) is 10.6. The first-order valence-corrected chi connectivity index (χ1v) is 12.1. The summed E-state index contributed by atoms with van der Waals surface area (Å²) in [6.45, 7) is 5.47. The average molecular weight is 467 g/mol. The van der Waals surface area contributed by atoms with E-state index in [4.69, 9.17) is 10.7 Å². The summed E-state index contributed by atoms with van der Waals surface area (Å²) in [7, 11) is 0. The molecular weight excluding hydrogens is 436 g/mol. The average Bonchev–Trinajstić information content (AvgIpc) is 2.90. The van der Waals surface area contributed by atoms with Crippen LogP contribution in [0.3, 0.4) is 0 Å². The lowest BCUT2D eigenvalue weighted by molar-refractivity contribution is -0.115. The number of rotatable bonds is 7. The summed E-state index contributed by atoms with van der Waals surface area (Å²) in [6.07, 6.45) is 2.23. The molecule has 0 spiro atoms. The minimum Gasteiger partial charge on any atom is -0.353 e. The Morgan fingerprint density at radius 3 is 2.37 bits per heavy atom. The van der Waals surface area contributed by atoms with Gasteiger partial charge in [0.05, 0.1) is 23.7 Å². The van der Waals surface area contributed by atoms with Crippen molar-refractivity contribution in [3.63, 3.8) is 0 Å². The van der Waals surface area contributed by atoms with Crippen LogP contribution in [0.1, 0.15) is 5.56 Å². The number of carbonyl (C=O) groups is 1. The van der Waals surface area contributed by atoms with Crippen LogP contribution in [0.4, 0.5) is 11.5 Å². The SMILES string of the molecule is NCCN1CCN(c2cnc3ccc(-c4ccc(NC(=O)Cc5ccccc5)cc4)cc3n2)CC1. The summed E-state index contributed by atoms with van der Waals surface area (Å²) in [5.41, 5.74) is 11.4. The van der Waals surface area contributed by atoms with Gasteiger partial charge in [-0.1, -0.05) is 48.5 Å². The highest BCUT2D eigenvalue weighted by Gasteiger charge is 2.18. The lowest BCUT2D eigenvalue weighted by Gasteiger charge is -2.35. The van der Waals surface area contributed by atoms with Gasteiger partial charge in [-0.05, 0) is 41.0 Å². The molecule has 0 bridgehead atoms. The van der Waals surface area contributed by atoms with E-state index in [2.05, 4.69) is 32.2 Å². The van der Waals surface area contributed by atoms with Gasteiger partial charge >= 0.3 is 0 Å². The molecule has 1 aliphatic rings. The summed E-state index contributed by atoms with van der Waals surface area (Å²) in [4.78, 5) is 26.6. The van der Waals surface area contributed by atoms with Crippen LogP contribution >= 0.6 is 0 Å². The first kappa shape index (κ1) is 23.0. The van der Waals surface area contributed by atoms with Gasteiger partial charge in [0.2, 0.25) is 5.91 Å². The third kappa shape index (κ3) is 5.65. The van der Waals surface area contributed by atoms with Crippen LogP contribution in [-0.2, 0) is 11.2 Å². The number of hydrogen-bond acceptors (Lipinski definition) is 6. The molecule has 5 rings (SSSR count). The third-order valence-corrected chi connectivity index (χ3v) is 6.38. The van der Waals surface area contributed by atoms with E-state index in [1.165, 1.54) is 0 Å². The molecule has 1 amide bonds. The number of aromatic nitrogens is 2. The molecule has 178 valence electrons. The van der Waals surface area contributed by atoms with Crippen molar-refractivity contribution in [2.24, 2.45) is 5.73 Å². The summed E-state index contributed by atoms with van der Waals surface area (Å²) in [5, 5.41) is 2.98. The predicted molar refractivity (Wildman–Crippen MR) is 141 cm³/mol. The van der Waals surface area contributed by atoms with Gasteiger partial charge in [-0.3, -0.25) is 14.7 Å². The fourth-order valence-corrected chi connectivity index (χ4v) is 4.45. The van der Waals surface area contributed by atoms with Gasteiger partial charge in [-0.15, -0.1) is 0 Å². The van der Waals surface area contributed by atoms with Crippen molar-refractivity contribution in [3.05, 3.63) is 84.6 Å². The van der Waals surface area contributed by atoms with Crippen LogP contribution in [0, 0.1) is 0 Å². The topological polar surface area (TPSA) is 87.4 Å². The van der Waals surface area contributed by atoms with E-state index in [-0.39, 0.29) is 5.91 Å². The van der Waals surface area contributed by atoms with Crippen molar-refractivity contribution < 1.29 is 4.79 Å². The van der Waals surface area contributed by atoms with Crippen LogP contribution < -0.4 is 16.0 Å². The van der Waals surface area contributed by atoms with Crippen molar-refractivity contribution in [2.75, 3.05) is 49.5 Å². The molecule has 4 aromatic rings. The molecule has 1 fully saturated rings. The fraction of sp³-hybridized carbons (Fsp3) is 0.250. The van der Waals surface area contributed by atoms with E-state index in [1.54, 1.807) is 0 Å². The van der Waals surface area contributed by atoms with Crippen molar-refractivity contribution in [3.8, 4) is 11.1 Å². The Kier molecular flexibility index (Phi) is 6.97. The Bertz CT molecular complexity index is 1280. The molecule has 7 heteroatoms. The van der Waals surface area contributed by atoms with Crippen LogP contribution in [0.5, 0.6) is 0 Å². The zero-order valence-electron chi connectivity index (χ0n) is 19.7. The van der Waals surface area contributed by atoms with Gasteiger partial charge in [0.1, 0.15) is 5.82 Å². The second-order valence-electron chi connectivity index (χ2n) is 8.84. The molecule has 35 heavy (non-hydrogen) atoms. The first-order chi connectivity index (χ1) is 17.2. The maximum atomic E-state index is 12.4. The molecule has 3 N–H and O–H groups in total. The highest BCUT2D eigenvalue weighted by molar-refractivity contribution is 5.92. The number of carbonyl (C=O) groups excluding carboxylic acids is 1. The molecule has 7 nitrogen and oxygen atoms in total. The smallest absolute Gasteiger partial charge is 0.228 e. The van der Waals surface area contributed by atoms with Crippen molar-refractivity contribution in [2.45, 2.75) is 6.42 Å². The monoisotopic (exact) mass is 466 g/mol. The minimum atomic E-state index is -0.0266. The molecule has 1 saturated heterocycles. The fourth-order valence-electron chi connectivity index (χ4n) is 4.45. The molecule has 1 aliphatic heterocycles. The van der Waals surface area contributed by atoms with Gasteiger partial charge in [0.15, 0.2) is 0 Å². The molecule has 2 heterocycles. The molecule has 1 aromatic heterocycles. The highest BCUT2D eigenvalue weighted by atomic mass is 16.1. The van der Waals surface area contributed by atoms with Crippen LogP contribution in [0.25, 0.3) is 22.2 Å². The maximum Gasteiger partial charge on any atom is 0.228 e. The van der Waals surface area contributed by atoms with E-state index in [0.29, 0.717) is 13.0 Å². The summed E-state index contributed by atoms with van der Waals surface area (Å²) in [5.74, 6) is 0.889. The number of fused-ring (bicyclic) bond motifs is 1. The number of piperazine rings is 1. The zero-order valence-corrected chi connectivity index (χ0v) is 19.7. The Labute approximate surface area is 205 Å². The van der Waals surface area contributed by atoms with Gasteiger partial charge < -0.3 is 16.0 Å². The van der Waals surface area contributed by atoms with Crippen molar-refractivity contribution in [1.82, 2.24) is 14.9 Å². The number of anilines is 2. The molecule has 0 saturated carbocycles. The number of nitrogens with two attached hydrogens (primary N) is 1. The zero-order chi connectivity index (χ0) is 24.0. The first-order valence-electron chi connectivity index (χ1n) is 12.1. The number of nitrogens with one attached hydrogen (secondary N) is 1. The molecule has 0 aliphatic carbocycles. The third-order valence-electron chi connectivity index (χ3n) is 6.38. The van der Waals surface area contributed by atoms with E-state index in [0.717, 1.165) is 72.0 Å². The maximum absolute atomic E-state index is 12.4. The van der Waals surface area contributed by atoms with Gasteiger partial charge in [0.25, 0.3) is 0 Å². The van der Waals surface area contributed by atoms with Gasteiger partial charge in [-0.2, -0.15) is 0 Å². The molecule has 3 aromatic carbocycles. The van der Waals surface area contributed by atoms with Gasteiger partial charge in [0, 0.05) is 45.0 Å². The Balaban J connectivity index is 1.27. The minimum absolute atomic E-state index is 0.0266. The van der Waals surface area contributed by atoms with E-state index in [9.17, 15) is 4.79 Å². The largest absolute Gasteiger partial charge is 0.353 e. The normalized spacial score (nSPS) is 14.3. The molecule has 0 unspecified atom stereocenters. The Morgan fingerprint density at radius 1 is 0.886 bits per heavy atom. The van der Waals surface area contributed by atoms with Crippen molar-refractivity contribution >= 4 is 28.4 Å². The second-order valence-corrected chi connectivity index (χ2v) is 8.84. The number of benzene rings is 3. The molecule has 0 atom stereocenters. The van der Waals surface area contributed by atoms with Crippen LogP contribution in [-0.4, -0.2) is 60.0 Å².